The average Bonchev–Trinajstić information content (AvgIpc) is 2.79. The largest absolute Gasteiger partial charge is 0.479 e. The van der Waals surface area contributed by atoms with Crippen molar-refractivity contribution >= 4 is 17.4 Å². The van der Waals surface area contributed by atoms with Crippen LogP contribution in [0, 0.1) is 11.7 Å². The molecule has 0 saturated heterocycles. The van der Waals surface area contributed by atoms with Gasteiger partial charge in [-0.1, -0.05) is 18.2 Å². The van der Waals surface area contributed by atoms with Crippen molar-refractivity contribution in [1.29, 1.82) is 0 Å². The van der Waals surface area contributed by atoms with Crippen molar-refractivity contribution in [3.05, 3.63) is 41.9 Å². The fourth-order valence-electron chi connectivity index (χ4n) is 3.08. The van der Waals surface area contributed by atoms with Crippen LogP contribution in [0.5, 0.6) is 5.88 Å². The van der Waals surface area contributed by atoms with Crippen LogP contribution in [0.1, 0.15) is 18.9 Å². The summed E-state index contributed by atoms with van der Waals surface area (Å²) in [5.74, 6) is -0.663. The van der Waals surface area contributed by atoms with Crippen LogP contribution in [-0.4, -0.2) is 41.4 Å². The van der Waals surface area contributed by atoms with Gasteiger partial charge in [-0.2, -0.15) is 0 Å². The number of rotatable bonds is 3. The van der Waals surface area contributed by atoms with Gasteiger partial charge in [0.25, 0.3) is 5.91 Å². The summed E-state index contributed by atoms with van der Waals surface area (Å²) in [6, 6.07) is 1.39. The topological polar surface area (TPSA) is 80.8 Å². The van der Waals surface area contributed by atoms with E-state index in [2.05, 4.69) is 9.98 Å². The summed E-state index contributed by atoms with van der Waals surface area (Å²) in [6.45, 7) is 1.77. The maximum atomic E-state index is 13.9. The highest BCUT2D eigenvalue weighted by Gasteiger charge is 2.47. The minimum absolute atomic E-state index is 0.0424. The molecule has 2 atom stereocenters. The summed E-state index contributed by atoms with van der Waals surface area (Å²) in [7, 11) is 2.98. The highest BCUT2D eigenvalue weighted by molar-refractivity contribution is 6.06. The van der Waals surface area contributed by atoms with Crippen LogP contribution in [0.3, 0.4) is 0 Å². The Morgan fingerprint density at radius 2 is 2.25 bits per heavy atom. The molecule has 1 aliphatic carbocycles. The third-order valence-corrected chi connectivity index (χ3v) is 4.60. The zero-order valence-corrected chi connectivity index (χ0v) is 13.8. The van der Waals surface area contributed by atoms with E-state index in [1.54, 1.807) is 20.2 Å². The summed E-state index contributed by atoms with van der Waals surface area (Å²) in [5, 5.41) is 0. The average molecular weight is 330 g/mol. The number of methoxy groups -OCH3 is 1. The van der Waals surface area contributed by atoms with Crippen LogP contribution >= 0.6 is 0 Å². The zero-order valence-electron chi connectivity index (χ0n) is 13.8. The first kappa shape index (κ1) is 16.2. The van der Waals surface area contributed by atoms with Gasteiger partial charge in [-0.15, -0.1) is 0 Å². The van der Waals surface area contributed by atoms with Crippen LogP contribution in [0.4, 0.5) is 4.39 Å². The van der Waals surface area contributed by atoms with Crippen LogP contribution in [-0.2, 0) is 4.79 Å². The van der Waals surface area contributed by atoms with E-state index in [0.29, 0.717) is 12.0 Å². The van der Waals surface area contributed by atoms with E-state index in [1.807, 2.05) is 18.2 Å². The van der Waals surface area contributed by atoms with Crippen molar-refractivity contribution in [3.63, 3.8) is 0 Å². The van der Waals surface area contributed by atoms with E-state index >= 15 is 0 Å². The summed E-state index contributed by atoms with van der Waals surface area (Å²) < 4.78 is 18.8. The molecule has 0 aromatic carbocycles. The molecule has 1 aromatic heterocycles. The van der Waals surface area contributed by atoms with Crippen molar-refractivity contribution < 1.29 is 13.9 Å². The SMILES string of the molecule is COc1ncc(C2=CC=CC(C3(C)N=C(N)N(C)C3=O)C2)cc1F. The minimum atomic E-state index is -0.951. The van der Waals surface area contributed by atoms with E-state index in [-0.39, 0.29) is 23.7 Å². The van der Waals surface area contributed by atoms with E-state index in [0.717, 1.165) is 5.57 Å². The Bertz CT molecular complexity index is 787. The molecular formula is C17H19FN4O2. The van der Waals surface area contributed by atoms with Gasteiger partial charge in [0.2, 0.25) is 5.88 Å². The number of halogens is 1. The molecule has 7 heteroatoms. The van der Waals surface area contributed by atoms with Gasteiger partial charge in [-0.05, 0) is 30.5 Å². The Labute approximate surface area is 139 Å². The van der Waals surface area contributed by atoms with Crippen molar-refractivity contribution in [2.75, 3.05) is 14.2 Å². The Morgan fingerprint density at radius 1 is 1.50 bits per heavy atom. The van der Waals surface area contributed by atoms with Gasteiger partial charge in [0.1, 0.15) is 5.54 Å². The number of carbonyl (C=O) groups excluding carboxylic acids is 1. The standard InChI is InChI=1S/C17H19FN4O2/c1-17(15(23)22(2)16(19)21-17)12-6-4-5-10(7-12)11-8-13(18)14(24-3)20-9-11/h4-6,8-9,12H,7H2,1-3H3,(H2,19,21). The fourth-order valence-corrected chi connectivity index (χ4v) is 3.08. The second kappa shape index (κ2) is 5.74. The maximum absolute atomic E-state index is 13.9. The first-order valence-corrected chi connectivity index (χ1v) is 7.57. The van der Waals surface area contributed by atoms with Crippen molar-refractivity contribution in [3.8, 4) is 5.88 Å². The first-order valence-electron chi connectivity index (χ1n) is 7.57. The molecule has 1 amide bonds. The molecule has 24 heavy (non-hydrogen) atoms. The highest BCUT2D eigenvalue weighted by Crippen LogP contribution is 2.38. The molecule has 1 aromatic rings. The van der Waals surface area contributed by atoms with Gasteiger partial charge in [-0.3, -0.25) is 9.69 Å². The van der Waals surface area contributed by atoms with E-state index in [1.165, 1.54) is 18.1 Å². The fraction of sp³-hybridized carbons (Fsp3) is 0.353. The monoisotopic (exact) mass is 330 g/mol. The third-order valence-electron chi connectivity index (χ3n) is 4.60. The number of guanidine groups is 1. The number of hydrogen-bond donors (Lipinski definition) is 1. The Hall–Kier alpha value is -2.70. The number of aliphatic imine (C=N–C) groups is 1. The molecular weight excluding hydrogens is 311 g/mol. The molecule has 0 radical (unpaired) electrons. The summed E-state index contributed by atoms with van der Waals surface area (Å²) in [6.07, 6.45) is 7.78. The number of nitrogens with zero attached hydrogens (tertiary/aromatic N) is 3. The number of pyridine rings is 1. The zero-order chi connectivity index (χ0) is 17.5. The second-order valence-corrected chi connectivity index (χ2v) is 6.08. The lowest BCUT2D eigenvalue weighted by Crippen LogP contribution is -2.44. The van der Waals surface area contributed by atoms with Crippen LogP contribution in [0.2, 0.25) is 0 Å². The number of carbonyl (C=O) groups is 1. The predicted molar refractivity (Wildman–Crippen MR) is 88.8 cm³/mol. The molecule has 2 unspecified atom stereocenters. The maximum Gasteiger partial charge on any atom is 0.257 e. The van der Waals surface area contributed by atoms with E-state index in [4.69, 9.17) is 10.5 Å². The second-order valence-electron chi connectivity index (χ2n) is 6.08. The van der Waals surface area contributed by atoms with Crippen molar-refractivity contribution in [2.24, 2.45) is 16.6 Å². The molecule has 0 saturated carbocycles. The number of amides is 1. The lowest BCUT2D eigenvalue weighted by atomic mass is 9.77. The Morgan fingerprint density at radius 3 is 2.83 bits per heavy atom. The molecule has 0 fully saturated rings. The van der Waals surface area contributed by atoms with Gasteiger partial charge in [0.15, 0.2) is 11.8 Å². The minimum Gasteiger partial charge on any atom is -0.479 e. The number of ether oxygens (including phenoxy) is 1. The van der Waals surface area contributed by atoms with Crippen LogP contribution < -0.4 is 10.5 Å². The number of likely N-dealkylation sites (N-methyl/N-ethyl adjacent to an activating group) is 1. The third kappa shape index (κ3) is 2.46. The van der Waals surface area contributed by atoms with Crippen molar-refractivity contribution in [2.45, 2.75) is 18.9 Å². The van der Waals surface area contributed by atoms with Crippen LogP contribution in [0.15, 0.2) is 35.5 Å². The van der Waals surface area contributed by atoms with Gasteiger partial charge in [-0.25, -0.2) is 14.4 Å². The molecule has 1 aliphatic heterocycles. The lowest BCUT2D eigenvalue weighted by molar-refractivity contribution is -0.130. The lowest BCUT2D eigenvalue weighted by Gasteiger charge is -2.30. The molecule has 3 rings (SSSR count). The van der Waals surface area contributed by atoms with Crippen LogP contribution in [0.25, 0.3) is 5.57 Å². The van der Waals surface area contributed by atoms with Gasteiger partial charge < -0.3 is 10.5 Å². The number of aromatic nitrogens is 1. The summed E-state index contributed by atoms with van der Waals surface area (Å²) >= 11 is 0. The Balaban J connectivity index is 1.88. The molecule has 2 aliphatic rings. The summed E-state index contributed by atoms with van der Waals surface area (Å²) in [4.78, 5) is 22.2. The molecule has 2 N–H and O–H groups in total. The quantitative estimate of drug-likeness (QED) is 0.915. The molecule has 2 heterocycles. The molecule has 0 spiro atoms. The van der Waals surface area contributed by atoms with Crippen molar-refractivity contribution in [1.82, 2.24) is 9.88 Å². The van der Waals surface area contributed by atoms with E-state index < -0.39 is 11.4 Å². The molecule has 6 nitrogen and oxygen atoms in total. The predicted octanol–water partition coefficient (Wildman–Crippen LogP) is 1.73. The highest BCUT2D eigenvalue weighted by atomic mass is 19.1. The number of hydrogen-bond acceptors (Lipinski definition) is 5. The molecule has 0 bridgehead atoms. The first-order chi connectivity index (χ1) is 11.4. The van der Waals surface area contributed by atoms with Gasteiger partial charge >= 0.3 is 0 Å². The van der Waals surface area contributed by atoms with Gasteiger partial charge in [0.05, 0.1) is 7.11 Å². The number of nitrogens with two attached hydrogens (primary N) is 1. The smallest absolute Gasteiger partial charge is 0.257 e. The normalized spacial score (nSPS) is 26.4. The molecule has 126 valence electrons. The number of allylic oxidation sites excluding steroid dienone is 3. The van der Waals surface area contributed by atoms with Gasteiger partial charge in [0, 0.05) is 19.2 Å². The van der Waals surface area contributed by atoms with E-state index in [9.17, 15) is 9.18 Å². The Kier molecular flexibility index (Phi) is 3.87. The summed E-state index contributed by atoms with van der Waals surface area (Å²) in [5.41, 5.74) is 6.38.